The molecule has 0 aliphatic carbocycles. The molecule has 0 fully saturated rings. The summed E-state index contributed by atoms with van der Waals surface area (Å²) in [6.45, 7) is 6.79. The maximum Gasteiger partial charge on any atom is 0.271 e. The highest BCUT2D eigenvalue weighted by molar-refractivity contribution is 6.10. The van der Waals surface area contributed by atoms with Crippen LogP contribution in [0.4, 0.5) is 0 Å². The largest absolute Gasteiger partial charge is 0.394 e. The van der Waals surface area contributed by atoms with Crippen molar-refractivity contribution in [1.82, 2.24) is 14.4 Å². The number of aryl methyl sites for hydroxylation is 1. The first kappa shape index (κ1) is 29.5. The summed E-state index contributed by atoms with van der Waals surface area (Å²) in [5.74, 6) is -0.518. The lowest BCUT2D eigenvalue weighted by molar-refractivity contribution is -0.134. The van der Waals surface area contributed by atoms with Gasteiger partial charge in [0.05, 0.1) is 31.3 Å². The van der Waals surface area contributed by atoms with Crippen LogP contribution >= 0.6 is 0 Å². The molecular formula is C35H41N3O4. The number of aliphatic hydroxyl groups excluding tert-OH is 1. The molecule has 0 spiro atoms. The molecule has 0 radical (unpaired) electrons. The van der Waals surface area contributed by atoms with E-state index in [1.165, 1.54) is 0 Å². The van der Waals surface area contributed by atoms with Crippen LogP contribution in [0.15, 0.2) is 78.9 Å². The molecule has 1 aliphatic heterocycles. The lowest BCUT2D eigenvalue weighted by atomic mass is 9.96. The number of hydrogen-bond donors (Lipinski definition) is 1. The molecule has 0 bridgehead atoms. The van der Waals surface area contributed by atoms with Crippen LogP contribution in [0.5, 0.6) is 0 Å². The van der Waals surface area contributed by atoms with E-state index in [2.05, 4.69) is 13.0 Å². The van der Waals surface area contributed by atoms with E-state index in [-0.39, 0.29) is 36.4 Å². The van der Waals surface area contributed by atoms with Crippen molar-refractivity contribution in [3.8, 4) is 11.1 Å². The maximum atomic E-state index is 14.5. The molecule has 1 aliphatic rings. The SMILES string of the molecule is C[C@@H]1CN([C@@H](C)CO)C(=O)c2c(c3ccccc3n2C)-c2ccccc2CO[C@H]1CN(C)C(=O)[C@H](C)c1ccccc1. The zero-order valence-electron chi connectivity index (χ0n) is 25.2. The number of likely N-dealkylation sites (N-methyl/N-ethyl adjacent to an activating group) is 1. The Labute approximate surface area is 248 Å². The number of fused-ring (bicyclic) bond motifs is 5. The third-order valence-corrected chi connectivity index (χ3v) is 8.73. The van der Waals surface area contributed by atoms with Gasteiger partial charge in [0.25, 0.3) is 5.91 Å². The van der Waals surface area contributed by atoms with Gasteiger partial charge in [-0.05, 0) is 36.6 Å². The molecule has 0 unspecified atom stereocenters. The molecule has 2 amide bonds. The molecule has 1 N–H and O–H groups in total. The molecule has 1 aromatic heterocycles. The number of benzene rings is 3. The lowest BCUT2D eigenvalue weighted by Crippen LogP contribution is -2.48. The summed E-state index contributed by atoms with van der Waals surface area (Å²) in [7, 11) is 3.75. The van der Waals surface area contributed by atoms with Gasteiger partial charge >= 0.3 is 0 Å². The zero-order valence-corrected chi connectivity index (χ0v) is 25.2. The van der Waals surface area contributed by atoms with E-state index in [0.29, 0.717) is 25.4 Å². The van der Waals surface area contributed by atoms with Gasteiger partial charge in [-0.15, -0.1) is 0 Å². The minimum Gasteiger partial charge on any atom is -0.394 e. The average molecular weight is 568 g/mol. The molecule has 0 saturated carbocycles. The Hall–Kier alpha value is -3.94. The summed E-state index contributed by atoms with van der Waals surface area (Å²) in [5, 5.41) is 11.2. The number of para-hydroxylation sites is 1. The van der Waals surface area contributed by atoms with Crippen LogP contribution < -0.4 is 0 Å². The number of carbonyl (C=O) groups is 2. The molecule has 220 valence electrons. The number of hydrogen-bond acceptors (Lipinski definition) is 4. The first-order chi connectivity index (χ1) is 20.2. The van der Waals surface area contributed by atoms with E-state index in [1.807, 2.05) is 105 Å². The molecular weight excluding hydrogens is 526 g/mol. The highest BCUT2D eigenvalue weighted by Crippen LogP contribution is 2.38. The third kappa shape index (κ3) is 5.59. The van der Waals surface area contributed by atoms with Crippen LogP contribution in [0.2, 0.25) is 0 Å². The smallest absolute Gasteiger partial charge is 0.271 e. The maximum absolute atomic E-state index is 14.5. The predicted molar refractivity (Wildman–Crippen MR) is 166 cm³/mol. The van der Waals surface area contributed by atoms with Gasteiger partial charge in [-0.2, -0.15) is 0 Å². The summed E-state index contributed by atoms with van der Waals surface area (Å²) in [5.41, 5.74) is 5.35. The zero-order chi connectivity index (χ0) is 30.0. The van der Waals surface area contributed by atoms with E-state index in [4.69, 9.17) is 4.74 Å². The fraction of sp³-hybridized carbons (Fsp3) is 0.371. The van der Waals surface area contributed by atoms with E-state index < -0.39 is 6.04 Å². The minimum absolute atomic E-state index is 0.0160. The number of amides is 2. The number of ether oxygens (including phenoxy) is 1. The third-order valence-electron chi connectivity index (χ3n) is 8.73. The molecule has 5 rings (SSSR count). The van der Waals surface area contributed by atoms with Crippen molar-refractivity contribution in [2.24, 2.45) is 13.0 Å². The van der Waals surface area contributed by atoms with Gasteiger partial charge in [-0.1, -0.05) is 79.7 Å². The predicted octanol–water partition coefficient (Wildman–Crippen LogP) is 5.47. The van der Waals surface area contributed by atoms with E-state index in [9.17, 15) is 14.7 Å². The Balaban J connectivity index is 1.55. The van der Waals surface area contributed by atoms with Gasteiger partial charge in [0.1, 0.15) is 5.69 Å². The number of rotatable bonds is 6. The van der Waals surface area contributed by atoms with Gasteiger partial charge in [0.15, 0.2) is 0 Å². The van der Waals surface area contributed by atoms with Gasteiger partial charge < -0.3 is 24.2 Å². The second-order valence-electron chi connectivity index (χ2n) is 11.6. The summed E-state index contributed by atoms with van der Waals surface area (Å²) in [6, 6.07) is 25.5. The van der Waals surface area contributed by atoms with Crippen LogP contribution in [0.1, 0.15) is 48.3 Å². The number of carbonyl (C=O) groups excluding carboxylic acids is 2. The average Bonchev–Trinajstić information content (AvgIpc) is 3.31. The van der Waals surface area contributed by atoms with Crippen LogP contribution in [0.3, 0.4) is 0 Å². The monoisotopic (exact) mass is 567 g/mol. The van der Waals surface area contributed by atoms with E-state index in [0.717, 1.165) is 33.2 Å². The van der Waals surface area contributed by atoms with Crippen LogP contribution in [-0.4, -0.2) is 70.2 Å². The molecule has 42 heavy (non-hydrogen) atoms. The van der Waals surface area contributed by atoms with Gasteiger partial charge in [-0.3, -0.25) is 9.59 Å². The number of nitrogens with zero attached hydrogens (tertiary/aromatic N) is 3. The molecule has 3 aromatic carbocycles. The Bertz CT molecular complexity index is 1560. The summed E-state index contributed by atoms with van der Waals surface area (Å²) < 4.78 is 8.62. The molecule has 7 heteroatoms. The van der Waals surface area contributed by atoms with Crippen molar-refractivity contribution in [2.75, 3.05) is 26.7 Å². The standard InChI is InChI=1S/C35H41N3O4/c1-23-19-38(24(2)21-39)35(41)33-32(29-17-11-12-18-30(29)37(33)5)28-16-10-9-15-27(28)22-42-31(23)20-36(4)34(40)25(3)26-13-7-6-8-14-26/h6-18,23-25,31,39H,19-22H2,1-5H3/t23-,24+,25-,31+/m1/s1. The summed E-state index contributed by atoms with van der Waals surface area (Å²) in [4.78, 5) is 31.5. The number of aliphatic hydroxyl groups is 1. The van der Waals surface area contributed by atoms with Crippen molar-refractivity contribution >= 4 is 22.7 Å². The van der Waals surface area contributed by atoms with Crippen molar-refractivity contribution in [3.63, 3.8) is 0 Å². The van der Waals surface area contributed by atoms with Crippen molar-refractivity contribution in [1.29, 1.82) is 0 Å². The Morgan fingerprint density at radius 3 is 2.43 bits per heavy atom. The van der Waals surface area contributed by atoms with E-state index in [1.54, 1.807) is 9.80 Å². The summed E-state index contributed by atoms with van der Waals surface area (Å²) in [6.07, 6.45) is -0.339. The Morgan fingerprint density at radius 2 is 1.69 bits per heavy atom. The van der Waals surface area contributed by atoms with E-state index >= 15 is 0 Å². The van der Waals surface area contributed by atoms with Gasteiger partial charge in [0, 0.05) is 49.6 Å². The highest BCUT2D eigenvalue weighted by atomic mass is 16.5. The van der Waals surface area contributed by atoms with Crippen LogP contribution in [-0.2, 0) is 23.2 Å². The second-order valence-corrected chi connectivity index (χ2v) is 11.6. The lowest BCUT2D eigenvalue weighted by Gasteiger charge is -2.35. The van der Waals surface area contributed by atoms with Gasteiger partial charge in [0.2, 0.25) is 5.91 Å². The summed E-state index contributed by atoms with van der Waals surface area (Å²) >= 11 is 0. The van der Waals surface area contributed by atoms with Crippen LogP contribution in [0, 0.1) is 5.92 Å². The molecule has 4 atom stereocenters. The van der Waals surface area contributed by atoms with Crippen molar-refractivity contribution in [3.05, 3.63) is 95.7 Å². The fourth-order valence-corrected chi connectivity index (χ4v) is 6.10. The van der Waals surface area contributed by atoms with Crippen molar-refractivity contribution in [2.45, 2.75) is 45.4 Å². The van der Waals surface area contributed by atoms with Crippen LogP contribution in [0.25, 0.3) is 22.0 Å². The highest BCUT2D eigenvalue weighted by Gasteiger charge is 2.34. The molecule has 2 heterocycles. The normalized spacial score (nSPS) is 19.0. The quantitative estimate of drug-likeness (QED) is 0.336. The van der Waals surface area contributed by atoms with Crippen molar-refractivity contribution < 1.29 is 19.4 Å². The van der Waals surface area contributed by atoms with Gasteiger partial charge in [-0.25, -0.2) is 0 Å². The minimum atomic E-state index is -0.403. The molecule has 7 nitrogen and oxygen atoms in total. The fourth-order valence-electron chi connectivity index (χ4n) is 6.10. The molecule has 0 saturated heterocycles. The Kier molecular flexibility index (Phi) is 8.80. The Morgan fingerprint density at radius 1 is 1.02 bits per heavy atom. The first-order valence-electron chi connectivity index (χ1n) is 14.7. The first-order valence-corrected chi connectivity index (χ1v) is 14.7. The molecule has 4 aromatic rings. The second kappa shape index (κ2) is 12.5. The topological polar surface area (TPSA) is 75.0 Å². The number of aromatic nitrogens is 1.